The number of carbonyl (C=O) groups excluding carboxylic acids is 3. The van der Waals surface area contributed by atoms with Gasteiger partial charge in [-0.05, 0) is 35.4 Å². The van der Waals surface area contributed by atoms with Crippen LogP contribution in [0.15, 0.2) is 42.5 Å². The molecule has 124 valence electrons. The summed E-state index contributed by atoms with van der Waals surface area (Å²) in [5, 5.41) is 0. The molecule has 0 aliphatic heterocycles. The average molecular weight is 328 g/mol. The molecular formula is C18H16O6. The quantitative estimate of drug-likeness (QED) is 0.634. The number of carbonyl (C=O) groups is 3. The van der Waals surface area contributed by atoms with Crippen LogP contribution >= 0.6 is 0 Å². The minimum absolute atomic E-state index is 0.110. The van der Waals surface area contributed by atoms with Gasteiger partial charge in [0, 0.05) is 0 Å². The summed E-state index contributed by atoms with van der Waals surface area (Å²) >= 11 is 0. The van der Waals surface area contributed by atoms with Crippen LogP contribution in [0, 0.1) is 0 Å². The van der Waals surface area contributed by atoms with E-state index in [1.807, 2.05) is 0 Å². The Balaban J connectivity index is 2.46. The van der Waals surface area contributed by atoms with E-state index in [4.69, 9.17) is 4.74 Å². The van der Waals surface area contributed by atoms with Gasteiger partial charge in [-0.2, -0.15) is 0 Å². The van der Waals surface area contributed by atoms with Crippen LogP contribution in [0.3, 0.4) is 0 Å². The number of benzene rings is 2. The normalized spacial score (nSPS) is 9.96. The van der Waals surface area contributed by atoms with E-state index in [1.54, 1.807) is 36.4 Å². The Labute approximate surface area is 139 Å². The summed E-state index contributed by atoms with van der Waals surface area (Å²) in [6, 6.07) is 11.4. The highest BCUT2D eigenvalue weighted by atomic mass is 16.5. The smallest absolute Gasteiger partial charge is 0.338 e. The van der Waals surface area contributed by atoms with Gasteiger partial charge >= 0.3 is 17.9 Å². The third-order valence-corrected chi connectivity index (χ3v) is 3.47. The molecular weight excluding hydrogens is 312 g/mol. The standard InChI is InChI=1S/C18H16O6/c1-22-16(19)12-6-4-11(5-7-12)13-8-9-14(17(20)23-2)15(10-13)18(21)24-3/h4-10H,1-3H3. The first-order chi connectivity index (χ1) is 11.5. The first-order valence-electron chi connectivity index (χ1n) is 7.01. The molecule has 0 unspecified atom stereocenters. The van der Waals surface area contributed by atoms with Crippen molar-refractivity contribution in [1.82, 2.24) is 0 Å². The first-order valence-corrected chi connectivity index (χ1v) is 7.01. The van der Waals surface area contributed by atoms with Gasteiger partial charge in [0.05, 0.1) is 38.0 Å². The summed E-state index contributed by atoms with van der Waals surface area (Å²) in [7, 11) is 3.79. The molecule has 2 rings (SSSR count). The molecule has 6 nitrogen and oxygen atoms in total. The van der Waals surface area contributed by atoms with E-state index in [2.05, 4.69) is 9.47 Å². The van der Waals surface area contributed by atoms with E-state index in [0.717, 1.165) is 5.56 Å². The molecule has 0 radical (unpaired) electrons. The molecule has 0 atom stereocenters. The molecule has 0 saturated carbocycles. The van der Waals surface area contributed by atoms with Gasteiger partial charge in [0.1, 0.15) is 0 Å². The number of esters is 3. The molecule has 0 spiro atoms. The molecule has 0 fully saturated rings. The summed E-state index contributed by atoms with van der Waals surface area (Å²) in [6.45, 7) is 0. The Hall–Kier alpha value is -3.15. The lowest BCUT2D eigenvalue weighted by molar-refractivity contribution is 0.0555. The third-order valence-electron chi connectivity index (χ3n) is 3.47. The maximum Gasteiger partial charge on any atom is 0.338 e. The van der Waals surface area contributed by atoms with Gasteiger partial charge < -0.3 is 14.2 Å². The zero-order chi connectivity index (χ0) is 17.7. The molecule has 0 amide bonds. The van der Waals surface area contributed by atoms with Gasteiger partial charge in [0.2, 0.25) is 0 Å². The van der Waals surface area contributed by atoms with Gasteiger partial charge in [0.15, 0.2) is 0 Å². The average Bonchev–Trinajstić information content (AvgIpc) is 2.65. The van der Waals surface area contributed by atoms with Gasteiger partial charge in [-0.15, -0.1) is 0 Å². The van der Waals surface area contributed by atoms with E-state index in [1.165, 1.54) is 27.4 Å². The third kappa shape index (κ3) is 3.43. The van der Waals surface area contributed by atoms with Gasteiger partial charge in [-0.25, -0.2) is 14.4 Å². The van der Waals surface area contributed by atoms with E-state index in [9.17, 15) is 14.4 Å². The molecule has 0 aliphatic rings. The molecule has 0 heterocycles. The zero-order valence-corrected chi connectivity index (χ0v) is 13.5. The van der Waals surface area contributed by atoms with Gasteiger partial charge in [-0.1, -0.05) is 18.2 Å². The van der Waals surface area contributed by atoms with Crippen LogP contribution < -0.4 is 0 Å². The lowest BCUT2D eigenvalue weighted by Gasteiger charge is -2.09. The Bertz CT molecular complexity index is 777. The molecule has 0 aromatic heterocycles. The van der Waals surface area contributed by atoms with Crippen LogP contribution in [0.1, 0.15) is 31.1 Å². The van der Waals surface area contributed by atoms with Crippen molar-refractivity contribution in [2.75, 3.05) is 21.3 Å². The maximum absolute atomic E-state index is 11.9. The second-order valence-electron chi connectivity index (χ2n) is 4.81. The predicted molar refractivity (Wildman–Crippen MR) is 85.9 cm³/mol. The number of hydrogen-bond donors (Lipinski definition) is 0. The largest absolute Gasteiger partial charge is 0.465 e. The molecule has 24 heavy (non-hydrogen) atoms. The van der Waals surface area contributed by atoms with E-state index >= 15 is 0 Å². The van der Waals surface area contributed by atoms with E-state index in [-0.39, 0.29) is 11.1 Å². The number of ether oxygens (including phenoxy) is 3. The molecule has 2 aromatic carbocycles. The number of hydrogen-bond acceptors (Lipinski definition) is 6. The fourth-order valence-corrected chi connectivity index (χ4v) is 2.21. The highest BCUT2D eigenvalue weighted by Crippen LogP contribution is 2.24. The monoisotopic (exact) mass is 328 g/mol. The molecule has 6 heteroatoms. The molecule has 0 N–H and O–H groups in total. The fourth-order valence-electron chi connectivity index (χ4n) is 2.21. The van der Waals surface area contributed by atoms with Crippen LogP contribution in [-0.4, -0.2) is 39.2 Å². The highest BCUT2D eigenvalue weighted by Gasteiger charge is 2.19. The van der Waals surface area contributed by atoms with Crippen LogP contribution in [0.4, 0.5) is 0 Å². The van der Waals surface area contributed by atoms with Crippen molar-refractivity contribution in [2.45, 2.75) is 0 Å². The summed E-state index contributed by atoms with van der Waals surface area (Å²) < 4.78 is 14.0. The van der Waals surface area contributed by atoms with Crippen LogP contribution in [-0.2, 0) is 14.2 Å². The molecule has 0 aliphatic carbocycles. The van der Waals surface area contributed by atoms with E-state index < -0.39 is 17.9 Å². The lowest BCUT2D eigenvalue weighted by atomic mass is 9.98. The van der Waals surface area contributed by atoms with E-state index in [0.29, 0.717) is 11.1 Å². The Kier molecular flexibility index (Phi) is 5.31. The first kappa shape index (κ1) is 17.2. The van der Waals surface area contributed by atoms with Crippen molar-refractivity contribution >= 4 is 17.9 Å². The van der Waals surface area contributed by atoms with Crippen molar-refractivity contribution in [2.24, 2.45) is 0 Å². The SMILES string of the molecule is COC(=O)c1ccc(-c2ccc(C(=O)OC)c(C(=O)OC)c2)cc1. The minimum Gasteiger partial charge on any atom is -0.465 e. The van der Waals surface area contributed by atoms with Crippen LogP contribution in [0.2, 0.25) is 0 Å². The van der Waals surface area contributed by atoms with Gasteiger partial charge in [0.25, 0.3) is 0 Å². The van der Waals surface area contributed by atoms with Crippen molar-refractivity contribution in [3.63, 3.8) is 0 Å². The van der Waals surface area contributed by atoms with Crippen LogP contribution in [0.5, 0.6) is 0 Å². The Morgan fingerprint density at radius 2 is 1.12 bits per heavy atom. The van der Waals surface area contributed by atoms with Crippen molar-refractivity contribution in [1.29, 1.82) is 0 Å². The molecule has 0 saturated heterocycles. The minimum atomic E-state index is -0.636. The number of methoxy groups -OCH3 is 3. The topological polar surface area (TPSA) is 78.9 Å². The molecule has 0 bridgehead atoms. The highest BCUT2D eigenvalue weighted by molar-refractivity contribution is 6.04. The lowest BCUT2D eigenvalue weighted by Crippen LogP contribution is -2.11. The zero-order valence-electron chi connectivity index (χ0n) is 13.5. The molecule has 2 aromatic rings. The predicted octanol–water partition coefficient (Wildman–Crippen LogP) is 2.71. The fraction of sp³-hybridized carbons (Fsp3) is 0.167. The maximum atomic E-state index is 11.9. The van der Waals surface area contributed by atoms with Gasteiger partial charge in [-0.3, -0.25) is 0 Å². The second kappa shape index (κ2) is 7.41. The summed E-state index contributed by atoms with van der Waals surface area (Å²) in [5.41, 5.74) is 2.11. The van der Waals surface area contributed by atoms with Crippen molar-refractivity contribution in [3.8, 4) is 11.1 Å². The van der Waals surface area contributed by atoms with Crippen molar-refractivity contribution < 1.29 is 28.6 Å². The number of rotatable bonds is 4. The van der Waals surface area contributed by atoms with Crippen molar-refractivity contribution in [3.05, 3.63) is 59.2 Å². The second-order valence-corrected chi connectivity index (χ2v) is 4.81. The summed E-state index contributed by atoms with van der Waals surface area (Å²) in [4.78, 5) is 35.2. The Morgan fingerprint density at radius 1 is 0.625 bits per heavy atom. The Morgan fingerprint density at radius 3 is 1.67 bits per heavy atom. The summed E-state index contributed by atoms with van der Waals surface area (Å²) in [6.07, 6.45) is 0. The van der Waals surface area contributed by atoms with Crippen LogP contribution in [0.25, 0.3) is 11.1 Å². The summed E-state index contributed by atoms with van der Waals surface area (Å²) in [5.74, 6) is -1.69.